The Morgan fingerprint density at radius 2 is 1.87 bits per heavy atom. The molecule has 200 valence electrons. The molecule has 0 spiro atoms. The smallest absolute Gasteiger partial charge is 0.270 e. The lowest BCUT2D eigenvalue weighted by atomic mass is 10.1. The Bertz CT molecular complexity index is 1650. The highest BCUT2D eigenvalue weighted by atomic mass is 32.2. The Morgan fingerprint density at radius 1 is 1.16 bits per heavy atom. The quantitative estimate of drug-likeness (QED) is 0.300. The first-order valence-electron chi connectivity index (χ1n) is 11.2. The van der Waals surface area contributed by atoms with E-state index in [1.165, 1.54) is 43.5 Å². The topological polar surface area (TPSA) is 161 Å². The van der Waals surface area contributed by atoms with Crippen LogP contribution < -0.4 is 14.6 Å². The molecule has 13 heteroatoms. The molecule has 2 aromatic heterocycles. The predicted octanol–water partition coefficient (Wildman–Crippen LogP) is 1.22. The SMILES string of the molecule is COc1c(C)cnc(CS(=O)c2nc3cc(CO)ccc3n2S(=O)(=O)c2ccc(OCC(=O)[O-])cc2)c1C. The number of aliphatic hydroxyl groups excluding tert-OH is 1. The number of fused-ring (bicyclic) bond motifs is 1. The van der Waals surface area contributed by atoms with E-state index < -0.39 is 33.4 Å². The van der Waals surface area contributed by atoms with Crippen LogP contribution in [0.25, 0.3) is 11.0 Å². The number of carbonyl (C=O) groups excluding carboxylic acids is 1. The molecule has 2 heterocycles. The maximum atomic E-state index is 13.8. The average Bonchev–Trinajstić information content (AvgIpc) is 3.29. The summed E-state index contributed by atoms with van der Waals surface area (Å²) in [6, 6.07) is 9.67. The number of hydrogen-bond acceptors (Lipinski definition) is 10. The van der Waals surface area contributed by atoms with Crippen molar-refractivity contribution in [3.63, 3.8) is 0 Å². The van der Waals surface area contributed by atoms with Crippen molar-refractivity contribution in [1.29, 1.82) is 0 Å². The van der Waals surface area contributed by atoms with Crippen LogP contribution in [0.2, 0.25) is 0 Å². The largest absolute Gasteiger partial charge is 0.546 e. The Labute approximate surface area is 221 Å². The van der Waals surface area contributed by atoms with Crippen molar-refractivity contribution in [1.82, 2.24) is 13.9 Å². The minimum Gasteiger partial charge on any atom is -0.546 e. The normalized spacial score (nSPS) is 12.4. The van der Waals surface area contributed by atoms with Gasteiger partial charge in [0.1, 0.15) is 18.1 Å². The molecule has 4 rings (SSSR count). The van der Waals surface area contributed by atoms with E-state index in [2.05, 4.69) is 9.97 Å². The van der Waals surface area contributed by atoms with Crippen LogP contribution in [0.1, 0.15) is 22.4 Å². The zero-order chi connectivity index (χ0) is 27.6. The number of rotatable bonds is 10. The Morgan fingerprint density at radius 3 is 2.50 bits per heavy atom. The monoisotopic (exact) mass is 558 g/mol. The second-order valence-electron chi connectivity index (χ2n) is 8.31. The van der Waals surface area contributed by atoms with E-state index in [0.29, 0.717) is 22.6 Å². The Kier molecular flexibility index (Phi) is 7.81. The van der Waals surface area contributed by atoms with E-state index in [1.54, 1.807) is 19.2 Å². The zero-order valence-corrected chi connectivity index (χ0v) is 22.3. The van der Waals surface area contributed by atoms with Gasteiger partial charge >= 0.3 is 0 Å². The van der Waals surface area contributed by atoms with E-state index in [9.17, 15) is 27.6 Å². The first-order chi connectivity index (χ1) is 18.1. The van der Waals surface area contributed by atoms with E-state index in [4.69, 9.17) is 9.47 Å². The summed E-state index contributed by atoms with van der Waals surface area (Å²) >= 11 is 0. The lowest BCUT2D eigenvalue weighted by molar-refractivity contribution is -0.307. The average molecular weight is 559 g/mol. The number of imidazole rings is 1. The van der Waals surface area contributed by atoms with Gasteiger partial charge in [-0.05, 0) is 55.8 Å². The minimum atomic E-state index is -4.32. The van der Waals surface area contributed by atoms with Gasteiger partial charge in [-0.25, -0.2) is 17.4 Å². The van der Waals surface area contributed by atoms with Crippen LogP contribution in [0.5, 0.6) is 11.5 Å². The molecule has 1 N–H and O–H groups in total. The molecule has 0 fully saturated rings. The molecule has 38 heavy (non-hydrogen) atoms. The molecule has 0 bridgehead atoms. The van der Waals surface area contributed by atoms with Crippen LogP contribution in [0.4, 0.5) is 0 Å². The number of aliphatic carboxylic acids is 1. The molecule has 0 saturated heterocycles. The number of benzene rings is 2. The lowest BCUT2D eigenvalue weighted by Crippen LogP contribution is -2.28. The van der Waals surface area contributed by atoms with Gasteiger partial charge in [-0.1, -0.05) is 6.07 Å². The third kappa shape index (κ3) is 5.26. The van der Waals surface area contributed by atoms with Gasteiger partial charge in [0.05, 0.1) is 57.9 Å². The van der Waals surface area contributed by atoms with Gasteiger partial charge in [0.15, 0.2) is 0 Å². The molecule has 0 amide bonds. The first-order valence-corrected chi connectivity index (χ1v) is 14.0. The second-order valence-corrected chi connectivity index (χ2v) is 11.4. The van der Waals surface area contributed by atoms with E-state index >= 15 is 0 Å². The molecule has 0 saturated carbocycles. The maximum absolute atomic E-state index is 13.8. The molecule has 11 nitrogen and oxygen atoms in total. The number of pyridine rings is 1. The zero-order valence-electron chi connectivity index (χ0n) is 20.7. The number of methoxy groups -OCH3 is 1. The van der Waals surface area contributed by atoms with E-state index in [1.807, 2.05) is 6.92 Å². The first kappa shape index (κ1) is 27.2. The number of carboxylic acids is 1. The van der Waals surface area contributed by atoms with Crippen LogP contribution in [-0.4, -0.2) is 51.4 Å². The number of hydrogen-bond donors (Lipinski definition) is 1. The number of carbonyl (C=O) groups is 1. The van der Waals surface area contributed by atoms with Crippen LogP contribution >= 0.6 is 0 Å². The summed E-state index contributed by atoms with van der Waals surface area (Å²) in [5.41, 5.74) is 2.87. The predicted molar refractivity (Wildman–Crippen MR) is 136 cm³/mol. The highest BCUT2D eigenvalue weighted by Gasteiger charge is 2.28. The molecule has 0 radical (unpaired) electrons. The maximum Gasteiger partial charge on any atom is 0.270 e. The fourth-order valence-electron chi connectivity index (χ4n) is 3.92. The summed E-state index contributed by atoms with van der Waals surface area (Å²) in [4.78, 5) is 19.2. The highest BCUT2D eigenvalue weighted by Crippen LogP contribution is 2.30. The van der Waals surface area contributed by atoms with Crippen molar-refractivity contribution in [3.8, 4) is 11.5 Å². The third-order valence-electron chi connectivity index (χ3n) is 5.77. The van der Waals surface area contributed by atoms with Crippen LogP contribution in [0.15, 0.2) is 58.7 Å². The molecule has 2 aromatic carbocycles. The summed E-state index contributed by atoms with van der Waals surface area (Å²) in [6.07, 6.45) is 1.59. The number of aliphatic hydroxyl groups is 1. The van der Waals surface area contributed by atoms with Gasteiger partial charge in [-0.15, -0.1) is 0 Å². The molecule has 0 aliphatic rings. The van der Waals surface area contributed by atoms with Crippen molar-refractivity contribution in [3.05, 3.63) is 71.0 Å². The molecular formula is C25H24N3O8S2-. The summed E-state index contributed by atoms with van der Waals surface area (Å²) in [7, 11) is -4.75. The lowest BCUT2D eigenvalue weighted by Gasteiger charge is -2.13. The summed E-state index contributed by atoms with van der Waals surface area (Å²) in [6.45, 7) is 2.64. The number of aryl methyl sites for hydroxylation is 1. The Balaban J connectivity index is 1.81. The minimum absolute atomic E-state index is 0.121. The Hall–Kier alpha value is -3.81. The summed E-state index contributed by atoms with van der Waals surface area (Å²) in [5, 5.41) is 20.0. The van der Waals surface area contributed by atoms with Crippen LogP contribution in [-0.2, 0) is 38.0 Å². The van der Waals surface area contributed by atoms with Gasteiger partial charge < -0.3 is 24.5 Å². The summed E-state index contributed by atoms with van der Waals surface area (Å²) in [5.74, 6) is -0.807. The molecule has 1 atom stereocenters. The highest BCUT2D eigenvalue weighted by molar-refractivity contribution is 7.91. The number of carboxylic acid groups (broad SMARTS) is 1. The molecule has 0 aliphatic heterocycles. The fourth-order valence-corrected chi connectivity index (χ4v) is 6.96. The van der Waals surface area contributed by atoms with Gasteiger partial charge in [0, 0.05) is 17.3 Å². The second kappa shape index (κ2) is 10.9. The fraction of sp³-hybridized carbons (Fsp3) is 0.240. The standard InChI is InChI=1S/C25H25N3O8S2/c1-15-11-26-21(16(2)24(15)35-3)14-37(32)25-27-20-10-17(12-29)4-9-22(20)28(25)38(33,34)19-7-5-18(6-8-19)36-13-23(30)31/h4-11,29H,12-14H2,1-3H3,(H,30,31)/p-1. The number of ether oxygens (including phenoxy) is 2. The van der Waals surface area contributed by atoms with Crippen molar-refractivity contribution in [2.24, 2.45) is 0 Å². The number of aromatic nitrogens is 3. The van der Waals surface area contributed by atoms with E-state index in [-0.39, 0.29) is 39.2 Å². The number of nitrogens with zero attached hydrogens (tertiary/aromatic N) is 3. The van der Waals surface area contributed by atoms with Crippen molar-refractivity contribution >= 4 is 37.8 Å². The van der Waals surface area contributed by atoms with Gasteiger partial charge in [-0.3, -0.25) is 9.19 Å². The van der Waals surface area contributed by atoms with Gasteiger partial charge in [0.25, 0.3) is 10.0 Å². The molecular weight excluding hydrogens is 534 g/mol. The van der Waals surface area contributed by atoms with Crippen molar-refractivity contribution in [2.45, 2.75) is 36.3 Å². The van der Waals surface area contributed by atoms with Gasteiger partial charge in [-0.2, -0.15) is 0 Å². The van der Waals surface area contributed by atoms with Crippen LogP contribution in [0.3, 0.4) is 0 Å². The third-order valence-corrected chi connectivity index (χ3v) is 8.82. The van der Waals surface area contributed by atoms with E-state index in [0.717, 1.165) is 9.54 Å². The van der Waals surface area contributed by atoms with Gasteiger partial charge in [0.2, 0.25) is 5.16 Å². The molecule has 0 aliphatic carbocycles. The van der Waals surface area contributed by atoms with Crippen LogP contribution in [0, 0.1) is 13.8 Å². The molecule has 4 aromatic rings. The summed E-state index contributed by atoms with van der Waals surface area (Å²) < 4.78 is 52.6. The van der Waals surface area contributed by atoms with Crippen molar-refractivity contribution < 1.29 is 37.1 Å². The molecule has 1 unspecified atom stereocenters. The van der Waals surface area contributed by atoms with Crippen molar-refractivity contribution in [2.75, 3.05) is 13.7 Å².